The van der Waals surface area contributed by atoms with Gasteiger partial charge in [0.15, 0.2) is 0 Å². The number of amides is 3. The summed E-state index contributed by atoms with van der Waals surface area (Å²) < 4.78 is 0. The van der Waals surface area contributed by atoms with Crippen LogP contribution < -0.4 is 20.9 Å². The predicted octanol–water partition coefficient (Wildman–Crippen LogP) is 2.29. The highest BCUT2D eigenvalue weighted by Gasteiger charge is 2.14. The second-order valence-electron chi connectivity index (χ2n) is 5.61. The van der Waals surface area contributed by atoms with Crippen molar-refractivity contribution in [2.45, 2.75) is 6.92 Å². The average molecular weight is 340 g/mol. The van der Waals surface area contributed by atoms with Gasteiger partial charge >= 0.3 is 11.8 Å². The minimum Gasteiger partial charge on any atom is -0.378 e. The zero-order valence-corrected chi connectivity index (χ0v) is 14.3. The van der Waals surface area contributed by atoms with Crippen LogP contribution in [-0.2, 0) is 14.4 Å². The molecule has 0 aromatic heterocycles. The van der Waals surface area contributed by atoms with Gasteiger partial charge in [0.2, 0.25) is 5.91 Å². The first-order chi connectivity index (χ1) is 11.8. The normalized spacial score (nSPS) is 9.88. The highest BCUT2D eigenvalue weighted by molar-refractivity contribution is 6.43. The monoisotopic (exact) mass is 340 g/mol. The molecule has 2 aromatic rings. The number of carbonyl (C=O) groups is 3. The SMILES string of the molecule is CC(=O)Nc1ccc(NC(=O)C(=O)Nc2ccc(N(C)C)cc2)cc1. The molecule has 3 N–H and O–H groups in total. The first kappa shape index (κ1) is 18.0. The molecule has 2 rings (SSSR count). The van der Waals surface area contributed by atoms with Gasteiger partial charge in [-0.25, -0.2) is 0 Å². The zero-order chi connectivity index (χ0) is 18.4. The van der Waals surface area contributed by atoms with Crippen molar-refractivity contribution in [2.24, 2.45) is 0 Å². The number of anilines is 4. The van der Waals surface area contributed by atoms with Crippen molar-refractivity contribution in [3.8, 4) is 0 Å². The molecule has 3 amide bonds. The fourth-order valence-electron chi connectivity index (χ4n) is 2.06. The number of benzene rings is 2. The Morgan fingerprint density at radius 1 is 0.680 bits per heavy atom. The summed E-state index contributed by atoms with van der Waals surface area (Å²) in [5.41, 5.74) is 2.58. The van der Waals surface area contributed by atoms with Gasteiger partial charge in [0.1, 0.15) is 0 Å². The summed E-state index contributed by atoms with van der Waals surface area (Å²) in [4.78, 5) is 36.8. The van der Waals surface area contributed by atoms with E-state index in [-0.39, 0.29) is 5.91 Å². The van der Waals surface area contributed by atoms with E-state index in [0.717, 1.165) is 5.69 Å². The Morgan fingerprint density at radius 2 is 1.04 bits per heavy atom. The van der Waals surface area contributed by atoms with Crippen molar-refractivity contribution in [3.05, 3.63) is 48.5 Å². The second-order valence-corrected chi connectivity index (χ2v) is 5.61. The van der Waals surface area contributed by atoms with Crippen LogP contribution in [-0.4, -0.2) is 31.8 Å². The lowest BCUT2D eigenvalue weighted by atomic mass is 10.2. The van der Waals surface area contributed by atoms with Gasteiger partial charge < -0.3 is 20.9 Å². The summed E-state index contributed by atoms with van der Waals surface area (Å²) >= 11 is 0. The summed E-state index contributed by atoms with van der Waals surface area (Å²) in [6.07, 6.45) is 0. The van der Waals surface area contributed by atoms with Gasteiger partial charge in [0.05, 0.1) is 0 Å². The molecular weight excluding hydrogens is 320 g/mol. The van der Waals surface area contributed by atoms with Crippen molar-refractivity contribution in [1.82, 2.24) is 0 Å². The van der Waals surface area contributed by atoms with E-state index in [4.69, 9.17) is 0 Å². The summed E-state index contributed by atoms with van der Waals surface area (Å²) in [5.74, 6) is -1.72. The van der Waals surface area contributed by atoms with Crippen LogP contribution in [0.2, 0.25) is 0 Å². The number of hydrogen-bond acceptors (Lipinski definition) is 4. The van der Waals surface area contributed by atoms with Gasteiger partial charge in [-0.1, -0.05) is 0 Å². The molecule has 7 heteroatoms. The molecule has 25 heavy (non-hydrogen) atoms. The summed E-state index contributed by atoms with van der Waals surface area (Å²) in [5, 5.41) is 7.66. The summed E-state index contributed by atoms with van der Waals surface area (Å²) in [6.45, 7) is 1.41. The van der Waals surface area contributed by atoms with Crippen LogP contribution in [0.25, 0.3) is 0 Å². The molecule has 0 saturated heterocycles. The molecule has 0 unspecified atom stereocenters. The van der Waals surface area contributed by atoms with E-state index in [1.54, 1.807) is 36.4 Å². The number of nitrogens with one attached hydrogen (secondary N) is 3. The molecule has 7 nitrogen and oxygen atoms in total. The maximum Gasteiger partial charge on any atom is 0.314 e. The Morgan fingerprint density at radius 3 is 1.40 bits per heavy atom. The van der Waals surface area contributed by atoms with Crippen molar-refractivity contribution in [2.75, 3.05) is 34.9 Å². The van der Waals surface area contributed by atoms with Gasteiger partial charge in [-0.05, 0) is 48.5 Å². The molecule has 0 heterocycles. The van der Waals surface area contributed by atoms with E-state index >= 15 is 0 Å². The number of rotatable bonds is 4. The van der Waals surface area contributed by atoms with Crippen LogP contribution in [0, 0.1) is 0 Å². The topological polar surface area (TPSA) is 90.5 Å². The highest BCUT2D eigenvalue weighted by atomic mass is 16.2. The van der Waals surface area contributed by atoms with Crippen LogP contribution in [0.4, 0.5) is 22.7 Å². The van der Waals surface area contributed by atoms with Gasteiger partial charge in [-0.15, -0.1) is 0 Å². The summed E-state index contributed by atoms with van der Waals surface area (Å²) in [6, 6.07) is 13.6. The third kappa shape index (κ3) is 5.35. The van der Waals surface area contributed by atoms with Gasteiger partial charge in [0.25, 0.3) is 0 Å². The predicted molar refractivity (Wildman–Crippen MR) is 98.8 cm³/mol. The van der Waals surface area contributed by atoms with Crippen molar-refractivity contribution >= 4 is 40.5 Å². The largest absolute Gasteiger partial charge is 0.378 e. The second kappa shape index (κ2) is 7.96. The molecule has 130 valence electrons. The number of nitrogens with zero attached hydrogens (tertiary/aromatic N) is 1. The first-order valence-corrected chi connectivity index (χ1v) is 7.62. The molecule has 0 atom stereocenters. The van der Waals surface area contributed by atoms with Crippen molar-refractivity contribution in [3.63, 3.8) is 0 Å². The Bertz CT molecular complexity index is 768. The Hall–Kier alpha value is -3.35. The molecule has 0 spiro atoms. The molecule has 0 aliphatic heterocycles. The average Bonchev–Trinajstić information content (AvgIpc) is 2.56. The van der Waals surface area contributed by atoms with E-state index in [2.05, 4.69) is 16.0 Å². The lowest BCUT2D eigenvalue weighted by Crippen LogP contribution is -2.29. The van der Waals surface area contributed by atoms with Crippen LogP contribution in [0.15, 0.2) is 48.5 Å². The van der Waals surface area contributed by atoms with Crippen LogP contribution in [0.5, 0.6) is 0 Å². The minimum atomic E-state index is -0.774. The van der Waals surface area contributed by atoms with Gasteiger partial charge in [0, 0.05) is 43.8 Å². The fourth-order valence-corrected chi connectivity index (χ4v) is 2.06. The molecule has 0 aliphatic rings. The zero-order valence-electron chi connectivity index (χ0n) is 14.3. The quantitative estimate of drug-likeness (QED) is 0.745. The lowest BCUT2D eigenvalue weighted by molar-refractivity contribution is -0.132. The molecule has 0 radical (unpaired) electrons. The smallest absolute Gasteiger partial charge is 0.314 e. The van der Waals surface area contributed by atoms with E-state index < -0.39 is 11.8 Å². The maximum absolute atomic E-state index is 12.0. The van der Waals surface area contributed by atoms with E-state index in [1.807, 2.05) is 31.1 Å². The number of carbonyl (C=O) groups excluding carboxylic acids is 3. The molecule has 0 fully saturated rings. The van der Waals surface area contributed by atoms with E-state index in [0.29, 0.717) is 17.1 Å². The molecule has 2 aromatic carbocycles. The molecule has 0 bridgehead atoms. The fraction of sp³-hybridized carbons (Fsp3) is 0.167. The van der Waals surface area contributed by atoms with Gasteiger partial charge in [-0.2, -0.15) is 0 Å². The van der Waals surface area contributed by atoms with Gasteiger partial charge in [-0.3, -0.25) is 14.4 Å². The Kier molecular flexibility index (Phi) is 5.73. The first-order valence-electron chi connectivity index (χ1n) is 7.62. The van der Waals surface area contributed by atoms with E-state index in [9.17, 15) is 14.4 Å². The van der Waals surface area contributed by atoms with Crippen molar-refractivity contribution < 1.29 is 14.4 Å². The Labute approximate surface area is 146 Å². The third-order valence-electron chi connectivity index (χ3n) is 3.31. The third-order valence-corrected chi connectivity index (χ3v) is 3.31. The minimum absolute atomic E-state index is 0.184. The van der Waals surface area contributed by atoms with E-state index in [1.165, 1.54) is 6.92 Å². The Balaban J connectivity index is 1.93. The highest BCUT2D eigenvalue weighted by Crippen LogP contribution is 2.16. The van der Waals surface area contributed by atoms with Crippen LogP contribution in [0.3, 0.4) is 0 Å². The molecule has 0 saturated carbocycles. The standard InChI is InChI=1S/C18H20N4O3/c1-12(23)19-13-4-6-14(7-5-13)20-17(24)18(25)21-15-8-10-16(11-9-15)22(2)3/h4-11H,1-3H3,(H,19,23)(H,20,24)(H,21,25). The summed E-state index contributed by atoms with van der Waals surface area (Å²) in [7, 11) is 3.83. The molecule has 0 aliphatic carbocycles. The molecular formula is C18H20N4O3. The van der Waals surface area contributed by atoms with Crippen molar-refractivity contribution in [1.29, 1.82) is 0 Å². The number of hydrogen-bond donors (Lipinski definition) is 3. The lowest BCUT2D eigenvalue weighted by Gasteiger charge is -2.13. The van der Waals surface area contributed by atoms with Crippen LogP contribution in [0.1, 0.15) is 6.92 Å². The maximum atomic E-state index is 12.0. The van der Waals surface area contributed by atoms with Crippen LogP contribution >= 0.6 is 0 Å².